The Kier molecular flexibility index (Phi) is 5.63. The zero-order valence-corrected chi connectivity index (χ0v) is 11.5. The van der Waals surface area contributed by atoms with Gasteiger partial charge in [-0.3, -0.25) is 4.79 Å². The lowest BCUT2D eigenvalue weighted by atomic mass is 9.96. The molecule has 5 heteroatoms. The van der Waals surface area contributed by atoms with Gasteiger partial charge in [0.1, 0.15) is 0 Å². The number of aliphatic hydroxyl groups is 1. The van der Waals surface area contributed by atoms with E-state index in [-0.39, 0.29) is 5.92 Å². The molecule has 19 heavy (non-hydrogen) atoms. The van der Waals surface area contributed by atoms with Crippen molar-refractivity contribution in [2.24, 2.45) is 11.7 Å². The minimum Gasteiger partial charge on any atom is -0.397 e. The van der Waals surface area contributed by atoms with E-state index in [2.05, 4.69) is 19.2 Å². The van der Waals surface area contributed by atoms with Crippen LogP contribution in [0.15, 0.2) is 18.2 Å². The van der Waals surface area contributed by atoms with Crippen LogP contribution in [0.3, 0.4) is 0 Å². The quantitative estimate of drug-likeness (QED) is 0.562. The molecule has 0 saturated heterocycles. The Morgan fingerprint density at radius 3 is 2.53 bits per heavy atom. The number of primary amides is 1. The molecule has 1 rings (SSSR count). The van der Waals surface area contributed by atoms with Gasteiger partial charge in [0, 0.05) is 12.1 Å². The zero-order chi connectivity index (χ0) is 14.4. The highest BCUT2D eigenvalue weighted by Gasteiger charge is 2.15. The van der Waals surface area contributed by atoms with Crippen molar-refractivity contribution in [1.29, 1.82) is 0 Å². The number of nitrogens with two attached hydrogens (primary N) is 2. The second-order valence-corrected chi connectivity index (χ2v) is 4.69. The van der Waals surface area contributed by atoms with Gasteiger partial charge in [0.05, 0.1) is 17.5 Å². The molecule has 0 aromatic heterocycles. The van der Waals surface area contributed by atoms with E-state index in [1.54, 1.807) is 18.2 Å². The molecule has 0 bridgehead atoms. The number of rotatable bonds is 7. The first-order chi connectivity index (χ1) is 8.99. The third-order valence-electron chi connectivity index (χ3n) is 3.43. The van der Waals surface area contributed by atoms with Crippen LogP contribution in [-0.4, -0.2) is 23.7 Å². The Bertz CT molecular complexity index is 431. The van der Waals surface area contributed by atoms with Gasteiger partial charge in [-0.15, -0.1) is 0 Å². The van der Waals surface area contributed by atoms with Crippen molar-refractivity contribution < 1.29 is 9.90 Å². The number of amides is 1. The number of carbonyl (C=O) groups excluding carboxylic acids is 1. The standard InChI is InChI=1S/C14H23N3O2/c1-3-9(4-2)13(18)8-17-12-7-10(14(16)19)5-6-11(12)15/h5-7,9,13,17-18H,3-4,8,15H2,1-2H3,(H2,16,19). The van der Waals surface area contributed by atoms with Gasteiger partial charge in [0.25, 0.3) is 0 Å². The van der Waals surface area contributed by atoms with Gasteiger partial charge in [-0.05, 0) is 24.1 Å². The first kappa shape index (κ1) is 15.3. The molecule has 0 aliphatic carbocycles. The van der Waals surface area contributed by atoms with Gasteiger partial charge in [0.15, 0.2) is 0 Å². The second kappa shape index (κ2) is 6.99. The highest BCUT2D eigenvalue weighted by atomic mass is 16.3. The van der Waals surface area contributed by atoms with Crippen LogP contribution in [0, 0.1) is 5.92 Å². The summed E-state index contributed by atoms with van der Waals surface area (Å²) in [6, 6.07) is 4.82. The predicted molar refractivity (Wildman–Crippen MR) is 77.9 cm³/mol. The summed E-state index contributed by atoms with van der Waals surface area (Å²) in [6.45, 7) is 4.51. The fraction of sp³-hybridized carbons (Fsp3) is 0.500. The van der Waals surface area contributed by atoms with Crippen molar-refractivity contribution in [3.8, 4) is 0 Å². The van der Waals surface area contributed by atoms with Gasteiger partial charge < -0.3 is 21.9 Å². The average molecular weight is 265 g/mol. The Morgan fingerprint density at radius 1 is 1.37 bits per heavy atom. The molecule has 1 unspecified atom stereocenters. The van der Waals surface area contributed by atoms with Crippen LogP contribution in [0.4, 0.5) is 11.4 Å². The number of hydrogen-bond acceptors (Lipinski definition) is 4. The maximum absolute atomic E-state index is 11.1. The summed E-state index contributed by atoms with van der Waals surface area (Å²) >= 11 is 0. The van der Waals surface area contributed by atoms with Gasteiger partial charge in [-0.1, -0.05) is 26.7 Å². The maximum Gasteiger partial charge on any atom is 0.248 e. The van der Waals surface area contributed by atoms with Crippen molar-refractivity contribution in [2.75, 3.05) is 17.6 Å². The molecule has 6 N–H and O–H groups in total. The zero-order valence-electron chi connectivity index (χ0n) is 11.5. The molecule has 1 aromatic carbocycles. The van der Waals surface area contributed by atoms with Crippen molar-refractivity contribution in [2.45, 2.75) is 32.8 Å². The molecule has 0 saturated carbocycles. The molecule has 0 radical (unpaired) electrons. The van der Waals surface area contributed by atoms with E-state index in [1.165, 1.54) is 0 Å². The van der Waals surface area contributed by atoms with Crippen LogP contribution in [0.5, 0.6) is 0 Å². The fourth-order valence-electron chi connectivity index (χ4n) is 2.08. The summed E-state index contributed by atoms with van der Waals surface area (Å²) in [7, 11) is 0. The Balaban J connectivity index is 2.71. The number of benzene rings is 1. The largest absolute Gasteiger partial charge is 0.397 e. The molecule has 1 atom stereocenters. The van der Waals surface area contributed by atoms with Gasteiger partial charge in [0.2, 0.25) is 5.91 Å². The van der Waals surface area contributed by atoms with E-state index in [1.807, 2.05) is 0 Å². The van der Waals surface area contributed by atoms with E-state index >= 15 is 0 Å². The lowest BCUT2D eigenvalue weighted by Gasteiger charge is -2.21. The number of hydrogen-bond donors (Lipinski definition) is 4. The minimum atomic E-state index is -0.497. The van der Waals surface area contributed by atoms with E-state index in [0.29, 0.717) is 23.5 Å². The first-order valence-corrected chi connectivity index (χ1v) is 6.60. The number of carbonyl (C=O) groups is 1. The van der Waals surface area contributed by atoms with Gasteiger partial charge >= 0.3 is 0 Å². The highest BCUT2D eigenvalue weighted by Crippen LogP contribution is 2.21. The molecule has 5 nitrogen and oxygen atoms in total. The predicted octanol–water partition coefficient (Wildman–Crippen LogP) is 1.58. The van der Waals surface area contributed by atoms with Gasteiger partial charge in [-0.25, -0.2) is 0 Å². The average Bonchev–Trinajstić information content (AvgIpc) is 2.38. The summed E-state index contributed by atoms with van der Waals surface area (Å²) in [5, 5.41) is 13.1. The number of anilines is 2. The summed E-state index contributed by atoms with van der Waals surface area (Å²) in [5.41, 5.74) is 12.6. The Morgan fingerprint density at radius 2 is 2.00 bits per heavy atom. The molecule has 1 aromatic rings. The topological polar surface area (TPSA) is 101 Å². The van der Waals surface area contributed by atoms with Gasteiger partial charge in [-0.2, -0.15) is 0 Å². The number of aliphatic hydroxyl groups excluding tert-OH is 1. The monoisotopic (exact) mass is 265 g/mol. The SMILES string of the molecule is CCC(CC)C(O)CNc1cc(C(N)=O)ccc1N. The molecule has 0 spiro atoms. The smallest absolute Gasteiger partial charge is 0.248 e. The van der Waals surface area contributed by atoms with Crippen molar-refractivity contribution in [3.63, 3.8) is 0 Å². The molecule has 1 amide bonds. The fourth-order valence-corrected chi connectivity index (χ4v) is 2.08. The lowest BCUT2D eigenvalue weighted by molar-refractivity contribution is 0.100. The van der Waals surface area contributed by atoms with Crippen molar-refractivity contribution >= 4 is 17.3 Å². The van der Waals surface area contributed by atoms with Crippen LogP contribution >= 0.6 is 0 Å². The summed E-state index contributed by atoms with van der Waals surface area (Å²) in [5.74, 6) is -0.239. The summed E-state index contributed by atoms with van der Waals surface area (Å²) < 4.78 is 0. The molecular formula is C14H23N3O2. The molecular weight excluding hydrogens is 242 g/mol. The minimum absolute atomic E-state index is 0.257. The number of nitrogens with one attached hydrogen (secondary N) is 1. The van der Waals surface area contributed by atoms with E-state index in [9.17, 15) is 9.90 Å². The van der Waals surface area contributed by atoms with Crippen LogP contribution in [-0.2, 0) is 0 Å². The van der Waals surface area contributed by atoms with Crippen LogP contribution < -0.4 is 16.8 Å². The molecule has 106 valence electrons. The highest BCUT2D eigenvalue weighted by molar-refractivity contribution is 5.94. The summed E-state index contributed by atoms with van der Waals surface area (Å²) in [4.78, 5) is 11.1. The van der Waals surface area contributed by atoms with E-state index < -0.39 is 12.0 Å². The van der Waals surface area contributed by atoms with Crippen LogP contribution in [0.25, 0.3) is 0 Å². The van der Waals surface area contributed by atoms with Crippen LogP contribution in [0.2, 0.25) is 0 Å². The van der Waals surface area contributed by atoms with E-state index in [0.717, 1.165) is 12.8 Å². The van der Waals surface area contributed by atoms with Crippen molar-refractivity contribution in [3.05, 3.63) is 23.8 Å². The molecule has 0 fully saturated rings. The molecule has 0 aliphatic rings. The number of nitrogen functional groups attached to an aromatic ring is 1. The summed E-state index contributed by atoms with van der Waals surface area (Å²) in [6.07, 6.45) is 1.42. The maximum atomic E-state index is 11.1. The van der Waals surface area contributed by atoms with Crippen molar-refractivity contribution in [1.82, 2.24) is 0 Å². The normalized spacial score (nSPS) is 12.4. The third-order valence-corrected chi connectivity index (χ3v) is 3.43. The molecule has 0 heterocycles. The second-order valence-electron chi connectivity index (χ2n) is 4.69. The third kappa shape index (κ3) is 4.13. The Hall–Kier alpha value is -1.75. The molecule has 0 aliphatic heterocycles. The first-order valence-electron chi connectivity index (χ1n) is 6.60. The van der Waals surface area contributed by atoms with E-state index in [4.69, 9.17) is 11.5 Å². The Labute approximate surface area is 114 Å². The lowest BCUT2D eigenvalue weighted by Crippen LogP contribution is -2.28. The van der Waals surface area contributed by atoms with Crippen LogP contribution in [0.1, 0.15) is 37.0 Å².